The molecule has 1 atom stereocenters. The molecule has 0 aliphatic carbocycles. The number of pyridine rings is 1. The van der Waals surface area contributed by atoms with Crippen molar-refractivity contribution in [3.63, 3.8) is 0 Å². The van der Waals surface area contributed by atoms with E-state index < -0.39 is 0 Å². The number of rotatable bonds is 4. The van der Waals surface area contributed by atoms with Gasteiger partial charge >= 0.3 is 0 Å². The van der Waals surface area contributed by atoms with Gasteiger partial charge in [-0.2, -0.15) is 0 Å². The molecule has 0 spiro atoms. The van der Waals surface area contributed by atoms with Crippen LogP contribution in [0.2, 0.25) is 0 Å². The van der Waals surface area contributed by atoms with Crippen molar-refractivity contribution < 1.29 is 9.32 Å². The monoisotopic (exact) mass is 369 g/mol. The smallest absolute Gasteiger partial charge is 0.258 e. The summed E-state index contributed by atoms with van der Waals surface area (Å²) < 4.78 is 5.30. The minimum atomic E-state index is 0.0858. The Labute approximate surface area is 157 Å². The molecule has 5 nitrogen and oxygen atoms in total. The Kier molecular flexibility index (Phi) is 4.76. The van der Waals surface area contributed by atoms with Crippen LogP contribution in [0.15, 0.2) is 28.1 Å². The van der Waals surface area contributed by atoms with E-state index in [0.29, 0.717) is 17.3 Å². The van der Waals surface area contributed by atoms with Gasteiger partial charge in [0.1, 0.15) is 0 Å². The summed E-state index contributed by atoms with van der Waals surface area (Å²) >= 11 is 1.79. The number of thiophene rings is 1. The maximum atomic E-state index is 13.4. The van der Waals surface area contributed by atoms with E-state index in [4.69, 9.17) is 4.52 Å². The molecule has 136 valence electrons. The average molecular weight is 369 g/mol. The van der Waals surface area contributed by atoms with Crippen LogP contribution in [0.3, 0.4) is 0 Å². The molecule has 3 aromatic heterocycles. The number of carbonyl (C=O) groups is 1. The Bertz CT molecular complexity index is 917. The van der Waals surface area contributed by atoms with E-state index in [1.807, 2.05) is 19.9 Å². The molecule has 3 aromatic rings. The maximum Gasteiger partial charge on any atom is 0.258 e. The first-order chi connectivity index (χ1) is 12.6. The predicted octanol–water partition coefficient (Wildman–Crippen LogP) is 4.53. The summed E-state index contributed by atoms with van der Waals surface area (Å²) in [7, 11) is 0. The lowest BCUT2D eigenvalue weighted by atomic mass is 9.96. The van der Waals surface area contributed by atoms with Crippen molar-refractivity contribution in [3.8, 4) is 0 Å². The summed E-state index contributed by atoms with van der Waals surface area (Å²) in [5, 5.41) is 6.88. The van der Waals surface area contributed by atoms with Crippen LogP contribution in [0.25, 0.3) is 11.1 Å². The van der Waals surface area contributed by atoms with Gasteiger partial charge in [0.15, 0.2) is 0 Å². The van der Waals surface area contributed by atoms with Crippen LogP contribution < -0.4 is 0 Å². The molecule has 0 aromatic carbocycles. The summed E-state index contributed by atoms with van der Waals surface area (Å²) in [6.45, 7) is 4.57. The number of aromatic nitrogens is 2. The summed E-state index contributed by atoms with van der Waals surface area (Å²) in [5.74, 6) is 0.0858. The highest BCUT2D eigenvalue weighted by molar-refractivity contribution is 7.09. The zero-order chi connectivity index (χ0) is 18.1. The van der Waals surface area contributed by atoms with Crippen LogP contribution >= 0.6 is 11.3 Å². The van der Waals surface area contributed by atoms with Crippen molar-refractivity contribution in [1.29, 1.82) is 0 Å². The Balaban J connectivity index is 1.62. The number of piperidine rings is 1. The number of fused-ring (bicyclic) bond motifs is 1. The van der Waals surface area contributed by atoms with Gasteiger partial charge in [-0.15, -0.1) is 11.3 Å². The molecule has 0 bridgehead atoms. The van der Waals surface area contributed by atoms with Crippen LogP contribution in [0, 0.1) is 13.8 Å². The molecule has 0 N–H and O–H groups in total. The summed E-state index contributed by atoms with van der Waals surface area (Å²) in [4.78, 5) is 21.3. The molecular weight excluding hydrogens is 346 g/mol. The Hall–Kier alpha value is -2.21. The first kappa shape index (κ1) is 17.2. The van der Waals surface area contributed by atoms with Crippen molar-refractivity contribution in [2.24, 2.45) is 0 Å². The van der Waals surface area contributed by atoms with Gasteiger partial charge in [0.05, 0.1) is 16.6 Å². The van der Waals surface area contributed by atoms with Gasteiger partial charge in [0.2, 0.25) is 0 Å². The quantitative estimate of drug-likeness (QED) is 0.678. The number of likely N-dealkylation sites (tertiary alicyclic amines) is 1. The Morgan fingerprint density at radius 1 is 1.38 bits per heavy atom. The number of carbonyl (C=O) groups excluding carboxylic acids is 1. The van der Waals surface area contributed by atoms with Gasteiger partial charge in [0, 0.05) is 23.2 Å². The highest BCUT2D eigenvalue weighted by Gasteiger charge is 2.29. The number of aryl methyl sites for hydroxylation is 3. The topological polar surface area (TPSA) is 59.2 Å². The third kappa shape index (κ3) is 3.26. The average Bonchev–Trinajstić information content (AvgIpc) is 3.29. The largest absolute Gasteiger partial charge is 0.336 e. The highest BCUT2D eigenvalue weighted by atomic mass is 32.1. The number of amides is 1. The van der Waals surface area contributed by atoms with Gasteiger partial charge in [-0.25, -0.2) is 4.98 Å². The highest BCUT2D eigenvalue weighted by Crippen LogP contribution is 2.28. The SMILES string of the molecule is Cc1cc(C(=O)N2CCCC[C@H]2CCc2cccs2)c2c(C)noc2n1. The summed E-state index contributed by atoms with van der Waals surface area (Å²) in [6, 6.07) is 6.44. The van der Waals surface area contributed by atoms with Crippen LogP contribution in [-0.4, -0.2) is 33.5 Å². The standard InChI is InChI=1S/C20H23N3O2S/c1-13-12-17(18-14(2)22-25-19(18)21-13)20(24)23-10-4-3-6-15(23)8-9-16-7-5-11-26-16/h5,7,11-12,15H,3-4,6,8-10H2,1-2H3/t15-/m0/s1. The first-order valence-corrected chi connectivity index (χ1v) is 10.1. The van der Waals surface area contributed by atoms with E-state index in [1.54, 1.807) is 11.3 Å². The van der Waals surface area contributed by atoms with E-state index in [-0.39, 0.29) is 5.91 Å². The molecule has 4 rings (SSSR count). The molecule has 6 heteroatoms. The molecule has 0 saturated carbocycles. The van der Waals surface area contributed by atoms with E-state index >= 15 is 0 Å². The van der Waals surface area contributed by atoms with E-state index in [2.05, 4.69) is 32.6 Å². The second kappa shape index (κ2) is 7.19. The Morgan fingerprint density at radius 3 is 3.08 bits per heavy atom. The van der Waals surface area contributed by atoms with Gasteiger partial charge in [0.25, 0.3) is 11.6 Å². The van der Waals surface area contributed by atoms with Crippen molar-refractivity contribution in [2.45, 2.75) is 52.0 Å². The minimum Gasteiger partial charge on any atom is -0.336 e. The lowest BCUT2D eigenvalue weighted by molar-refractivity contribution is 0.0604. The fourth-order valence-corrected chi connectivity index (χ4v) is 4.60. The number of nitrogens with zero attached hydrogens (tertiary/aromatic N) is 3. The van der Waals surface area contributed by atoms with Gasteiger partial charge in [-0.3, -0.25) is 4.79 Å². The van der Waals surface area contributed by atoms with Crippen molar-refractivity contribution >= 4 is 28.3 Å². The molecule has 1 aliphatic rings. The van der Waals surface area contributed by atoms with Crippen molar-refractivity contribution in [3.05, 3.63) is 45.4 Å². The number of hydrogen-bond acceptors (Lipinski definition) is 5. The van der Waals surface area contributed by atoms with Gasteiger partial charge < -0.3 is 9.42 Å². The molecule has 1 aliphatic heterocycles. The van der Waals surface area contributed by atoms with Crippen LogP contribution in [0.1, 0.15) is 52.3 Å². The molecule has 0 radical (unpaired) electrons. The van der Waals surface area contributed by atoms with Gasteiger partial charge in [-0.1, -0.05) is 11.2 Å². The normalized spacial score (nSPS) is 17.8. The molecule has 26 heavy (non-hydrogen) atoms. The maximum absolute atomic E-state index is 13.4. The minimum absolute atomic E-state index is 0.0858. The molecular formula is C20H23N3O2S. The number of hydrogen-bond donors (Lipinski definition) is 0. The molecule has 4 heterocycles. The Morgan fingerprint density at radius 2 is 2.27 bits per heavy atom. The fraction of sp³-hybridized carbons (Fsp3) is 0.450. The van der Waals surface area contributed by atoms with Crippen molar-refractivity contribution in [1.82, 2.24) is 15.0 Å². The molecule has 1 amide bonds. The molecule has 1 saturated heterocycles. The summed E-state index contributed by atoms with van der Waals surface area (Å²) in [6.07, 6.45) is 5.38. The van der Waals surface area contributed by atoms with E-state index in [9.17, 15) is 4.79 Å². The zero-order valence-corrected chi connectivity index (χ0v) is 16.0. The third-order valence-electron chi connectivity index (χ3n) is 5.17. The predicted molar refractivity (Wildman–Crippen MR) is 103 cm³/mol. The lowest BCUT2D eigenvalue weighted by Crippen LogP contribution is -2.44. The van der Waals surface area contributed by atoms with Crippen molar-refractivity contribution in [2.75, 3.05) is 6.54 Å². The van der Waals surface area contributed by atoms with Crippen LogP contribution in [0.4, 0.5) is 0 Å². The lowest BCUT2D eigenvalue weighted by Gasteiger charge is -2.36. The fourth-order valence-electron chi connectivity index (χ4n) is 3.87. The third-order valence-corrected chi connectivity index (χ3v) is 6.10. The van der Waals surface area contributed by atoms with Crippen LogP contribution in [0.5, 0.6) is 0 Å². The summed E-state index contributed by atoms with van der Waals surface area (Å²) in [5.41, 5.74) is 2.64. The second-order valence-electron chi connectivity index (χ2n) is 7.03. The zero-order valence-electron chi connectivity index (χ0n) is 15.2. The van der Waals surface area contributed by atoms with E-state index in [0.717, 1.165) is 49.0 Å². The second-order valence-corrected chi connectivity index (χ2v) is 8.06. The van der Waals surface area contributed by atoms with Gasteiger partial charge in [-0.05, 0) is 63.5 Å². The first-order valence-electron chi connectivity index (χ1n) is 9.20. The van der Waals surface area contributed by atoms with E-state index in [1.165, 1.54) is 11.3 Å². The molecule has 0 unspecified atom stereocenters. The van der Waals surface area contributed by atoms with Crippen LogP contribution in [-0.2, 0) is 6.42 Å². The molecule has 1 fully saturated rings.